The third-order valence-electron chi connectivity index (χ3n) is 2.87. The van der Waals surface area contributed by atoms with Gasteiger partial charge in [-0.25, -0.2) is 8.42 Å². The summed E-state index contributed by atoms with van der Waals surface area (Å²) < 4.78 is 30.8. The van der Waals surface area contributed by atoms with E-state index in [1.807, 2.05) is 6.92 Å². The van der Waals surface area contributed by atoms with Gasteiger partial charge in [-0.3, -0.25) is 0 Å². The highest BCUT2D eigenvalue weighted by Gasteiger charge is 2.38. The number of ether oxygens (including phenoxy) is 1. The molecule has 0 aliphatic carbocycles. The average molecular weight is 219 g/mol. The first kappa shape index (κ1) is 10.4. The van der Waals surface area contributed by atoms with Crippen LogP contribution >= 0.6 is 0 Å². The fourth-order valence-electron chi connectivity index (χ4n) is 2.19. The summed E-state index contributed by atoms with van der Waals surface area (Å²) in [4.78, 5) is 0. The van der Waals surface area contributed by atoms with Gasteiger partial charge in [-0.15, -0.1) is 0 Å². The van der Waals surface area contributed by atoms with Gasteiger partial charge in [0.25, 0.3) is 0 Å². The van der Waals surface area contributed by atoms with Crippen molar-refractivity contribution in [3.63, 3.8) is 0 Å². The van der Waals surface area contributed by atoms with Gasteiger partial charge in [0, 0.05) is 13.1 Å². The molecule has 0 spiro atoms. The van der Waals surface area contributed by atoms with Crippen LogP contribution in [-0.2, 0) is 14.8 Å². The summed E-state index contributed by atoms with van der Waals surface area (Å²) in [5, 5.41) is 0. The van der Waals surface area contributed by atoms with Crippen LogP contribution in [0.25, 0.3) is 0 Å². The molecule has 2 bridgehead atoms. The minimum absolute atomic E-state index is 0.153. The fraction of sp³-hybridized carbons (Fsp3) is 1.00. The maximum Gasteiger partial charge on any atom is 0.214 e. The van der Waals surface area contributed by atoms with Crippen LogP contribution in [0, 0.1) is 0 Å². The number of fused-ring (bicyclic) bond motifs is 2. The third-order valence-corrected chi connectivity index (χ3v) is 4.87. The van der Waals surface area contributed by atoms with Gasteiger partial charge >= 0.3 is 0 Å². The second kappa shape index (κ2) is 3.79. The first-order chi connectivity index (χ1) is 6.62. The fourth-order valence-corrected chi connectivity index (χ4v) is 3.75. The van der Waals surface area contributed by atoms with Crippen molar-refractivity contribution in [3.8, 4) is 0 Å². The van der Waals surface area contributed by atoms with E-state index in [0.717, 1.165) is 12.8 Å². The molecule has 0 aromatic heterocycles. The van der Waals surface area contributed by atoms with Crippen molar-refractivity contribution in [2.24, 2.45) is 0 Å². The van der Waals surface area contributed by atoms with Crippen LogP contribution in [0.3, 0.4) is 0 Å². The number of morpholine rings is 1. The molecule has 2 heterocycles. The van der Waals surface area contributed by atoms with Gasteiger partial charge in [-0.1, -0.05) is 6.92 Å². The minimum atomic E-state index is -3.01. The standard InChI is InChI=1S/C9H17NO3S/c1-2-5-14(11,12)10-6-8-3-4-9(7-10)13-8/h8-9H,2-7H2,1H3. The van der Waals surface area contributed by atoms with E-state index in [2.05, 4.69) is 0 Å². The normalized spacial score (nSPS) is 33.5. The molecule has 0 N–H and O–H groups in total. The molecular formula is C9H17NO3S. The van der Waals surface area contributed by atoms with Crippen LogP contribution in [0.4, 0.5) is 0 Å². The minimum Gasteiger partial charge on any atom is -0.372 e. The lowest BCUT2D eigenvalue weighted by Crippen LogP contribution is -2.46. The number of hydrogen-bond donors (Lipinski definition) is 0. The van der Waals surface area contributed by atoms with Gasteiger partial charge in [-0.2, -0.15) is 4.31 Å². The molecule has 0 amide bonds. The van der Waals surface area contributed by atoms with Crippen LogP contribution in [-0.4, -0.2) is 43.8 Å². The van der Waals surface area contributed by atoms with E-state index in [1.54, 1.807) is 4.31 Å². The molecule has 2 aliphatic rings. The lowest BCUT2D eigenvalue weighted by atomic mass is 10.2. The Balaban J connectivity index is 2.05. The van der Waals surface area contributed by atoms with Crippen molar-refractivity contribution in [1.29, 1.82) is 0 Å². The monoisotopic (exact) mass is 219 g/mol. The lowest BCUT2D eigenvalue weighted by molar-refractivity contribution is -0.0114. The molecule has 14 heavy (non-hydrogen) atoms. The van der Waals surface area contributed by atoms with Crippen LogP contribution in [0.5, 0.6) is 0 Å². The zero-order chi connectivity index (χ0) is 10.2. The topological polar surface area (TPSA) is 46.6 Å². The molecule has 0 saturated carbocycles. The molecule has 5 heteroatoms. The zero-order valence-corrected chi connectivity index (χ0v) is 9.29. The number of hydrogen-bond acceptors (Lipinski definition) is 3. The number of nitrogens with zero attached hydrogens (tertiary/aromatic N) is 1. The van der Waals surface area contributed by atoms with Crippen LogP contribution in [0.1, 0.15) is 26.2 Å². The molecule has 2 atom stereocenters. The molecule has 0 aromatic carbocycles. The van der Waals surface area contributed by atoms with Crippen molar-refractivity contribution in [1.82, 2.24) is 4.31 Å². The summed E-state index contributed by atoms with van der Waals surface area (Å²) in [6.07, 6.45) is 3.03. The maximum absolute atomic E-state index is 11.8. The highest BCUT2D eigenvalue weighted by Crippen LogP contribution is 2.27. The Morgan fingerprint density at radius 1 is 1.29 bits per heavy atom. The third kappa shape index (κ3) is 1.94. The van der Waals surface area contributed by atoms with Crippen molar-refractivity contribution in [2.75, 3.05) is 18.8 Å². The van der Waals surface area contributed by atoms with Crippen molar-refractivity contribution >= 4 is 10.0 Å². The van der Waals surface area contributed by atoms with Crippen molar-refractivity contribution < 1.29 is 13.2 Å². The van der Waals surface area contributed by atoms with E-state index in [-0.39, 0.29) is 18.0 Å². The summed E-state index contributed by atoms with van der Waals surface area (Å²) in [6.45, 7) is 3.03. The van der Waals surface area contributed by atoms with Crippen LogP contribution < -0.4 is 0 Å². The largest absolute Gasteiger partial charge is 0.372 e. The summed E-state index contributed by atoms with van der Waals surface area (Å²) in [5.41, 5.74) is 0. The molecule has 0 radical (unpaired) electrons. The molecule has 2 aliphatic heterocycles. The molecule has 0 aromatic rings. The average Bonchev–Trinajstić information content (AvgIpc) is 2.45. The van der Waals surface area contributed by atoms with Crippen LogP contribution in [0.2, 0.25) is 0 Å². The van der Waals surface area contributed by atoms with Crippen LogP contribution in [0.15, 0.2) is 0 Å². The van der Waals surface area contributed by atoms with E-state index in [0.29, 0.717) is 19.5 Å². The maximum atomic E-state index is 11.8. The molecular weight excluding hydrogens is 202 g/mol. The van der Waals surface area contributed by atoms with E-state index in [4.69, 9.17) is 4.74 Å². The summed E-state index contributed by atoms with van der Waals surface area (Å²) in [7, 11) is -3.01. The van der Waals surface area contributed by atoms with E-state index in [1.165, 1.54) is 0 Å². The van der Waals surface area contributed by atoms with Gasteiger partial charge in [0.2, 0.25) is 10.0 Å². The highest BCUT2D eigenvalue weighted by molar-refractivity contribution is 7.89. The Morgan fingerprint density at radius 2 is 1.86 bits per heavy atom. The Labute approximate surface area is 85.3 Å². The number of sulfonamides is 1. The quantitative estimate of drug-likeness (QED) is 0.698. The first-order valence-corrected chi connectivity index (χ1v) is 6.86. The number of rotatable bonds is 3. The van der Waals surface area contributed by atoms with Crippen molar-refractivity contribution in [2.45, 2.75) is 38.4 Å². The Kier molecular flexibility index (Phi) is 2.81. The second-order valence-electron chi connectivity index (χ2n) is 4.09. The van der Waals surface area contributed by atoms with Gasteiger partial charge in [0.05, 0.1) is 18.0 Å². The molecule has 2 rings (SSSR count). The molecule has 4 nitrogen and oxygen atoms in total. The predicted molar refractivity (Wildman–Crippen MR) is 53.5 cm³/mol. The van der Waals surface area contributed by atoms with Gasteiger partial charge in [0.15, 0.2) is 0 Å². The summed E-state index contributed by atoms with van der Waals surface area (Å²) >= 11 is 0. The smallest absolute Gasteiger partial charge is 0.214 e. The second-order valence-corrected chi connectivity index (χ2v) is 6.18. The van der Waals surface area contributed by atoms with Gasteiger partial charge < -0.3 is 4.74 Å². The first-order valence-electron chi connectivity index (χ1n) is 5.25. The predicted octanol–water partition coefficient (Wildman–Crippen LogP) is 0.589. The molecule has 2 saturated heterocycles. The SMILES string of the molecule is CCCS(=O)(=O)N1CC2CCC(C1)O2. The van der Waals surface area contributed by atoms with E-state index in [9.17, 15) is 8.42 Å². The lowest BCUT2D eigenvalue weighted by Gasteiger charge is -2.31. The zero-order valence-electron chi connectivity index (χ0n) is 8.48. The van der Waals surface area contributed by atoms with E-state index < -0.39 is 10.0 Å². The summed E-state index contributed by atoms with van der Waals surface area (Å²) in [5.74, 6) is 0.270. The molecule has 2 fully saturated rings. The Hall–Kier alpha value is -0.130. The van der Waals surface area contributed by atoms with Crippen molar-refractivity contribution in [3.05, 3.63) is 0 Å². The highest BCUT2D eigenvalue weighted by atomic mass is 32.2. The Morgan fingerprint density at radius 3 is 2.36 bits per heavy atom. The Bertz CT molecular complexity index is 289. The van der Waals surface area contributed by atoms with E-state index >= 15 is 0 Å². The molecule has 2 unspecified atom stereocenters. The van der Waals surface area contributed by atoms with Gasteiger partial charge in [0.1, 0.15) is 0 Å². The molecule has 82 valence electrons. The summed E-state index contributed by atoms with van der Waals surface area (Å²) in [6, 6.07) is 0. The van der Waals surface area contributed by atoms with Gasteiger partial charge in [-0.05, 0) is 19.3 Å².